The molecule has 2 rings (SSSR count). The van der Waals surface area contributed by atoms with Gasteiger partial charge < -0.3 is 0 Å². The smallest absolute Gasteiger partial charge is 0.0628 e. The molecule has 0 nitrogen and oxygen atoms in total. The highest BCUT2D eigenvalue weighted by molar-refractivity contribution is 6.21. The molecule has 0 aliphatic rings. The third kappa shape index (κ3) is 2.94. The van der Waals surface area contributed by atoms with Crippen molar-refractivity contribution in [2.45, 2.75) is 32.6 Å². The molecule has 0 aromatic heterocycles. The van der Waals surface area contributed by atoms with Crippen LogP contribution in [0.2, 0.25) is 0 Å². The lowest BCUT2D eigenvalue weighted by molar-refractivity contribution is 0.907. The number of hydrogen-bond donors (Lipinski definition) is 0. The van der Waals surface area contributed by atoms with Gasteiger partial charge in [-0.3, -0.25) is 0 Å². The van der Waals surface area contributed by atoms with Crippen LogP contribution >= 0.6 is 11.6 Å². The van der Waals surface area contributed by atoms with Crippen LogP contribution in [0.4, 0.5) is 0 Å². The van der Waals surface area contributed by atoms with Gasteiger partial charge in [0.05, 0.1) is 5.38 Å². The molecule has 2 aromatic rings. The molecule has 1 atom stereocenters. The lowest BCUT2D eigenvalue weighted by Gasteiger charge is -2.13. The van der Waals surface area contributed by atoms with Gasteiger partial charge in [0.25, 0.3) is 0 Å². The van der Waals surface area contributed by atoms with Gasteiger partial charge >= 0.3 is 0 Å². The van der Waals surface area contributed by atoms with Crippen LogP contribution in [-0.2, 0) is 6.42 Å². The Bertz CT molecular complexity index is 543. The number of rotatable bonds is 3. The summed E-state index contributed by atoms with van der Waals surface area (Å²) < 4.78 is 0. The summed E-state index contributed by atoms with van der Waals surface area (Å²) in [4.78, 5) is 0. The summed E-state index contributed by atoms with van der Waals surface area (Å²) in [5, 5.41) is 0.0494. The Morgan fingerprint density at radius 1 is 0.889 bits per heavy atom. The summed E-state index contributed by atoms with van der Waals surface area (Å²) in [6.45, 7) is 6.40. The van der Waals surface area contributed by atoms with E-state index in [2.05, 4.69) is 63.2 Å². The summed E-state index contributed by atoms with van der Waals surface area (Å²) >= 11 is 6.54. The molecule has 0 saturated carbocycles. The Morgan fingerprint density at radius 3 is 2.28 bits per heavy atom. The first-order valence-corrected chi connectivity index (χ1v) is 6.77. The summed E-state index contributed by atoms with van der Waals surface area (Å²) in [6, 6.07) is 14.9. The highest BCUT2D eigenvalue weighted by Crippen LogP contribution is 2.28. The van der Waals surface area contributed by atoms with Crippen LogP contribution < -0.4 is 0 Å². The van der Waals surface area contributed by atoms with E-state index in [1.807, 2.05) is 0 Å². The molecule has 0 aliphatic heterocycles. The van der Waals surface area contributed by atoms with E-state index in [0.29, 0.717) is 0 Å². The first-order chi connectivity index (χ1) is 8.58. The van der Waals surface area contributed by atoms with E-state index in [1.54, 1.807) is 0 Å². The number of alkyl halides is 1. The molecule has 0 amide bonds. The van der Waals surface area contributed by atoms with Crippen molar-refractivity contribution < 1.29 is 0 Å². The van der Waals surface area contributed by atoms with Crippen LogP contribution in [0.1, 0.15) is 33.2 Å². The molecule has 0 radical (unpaired) electrons. The second-order valence-electron chi connectivity index (χ2n) is 4.95. The molecule has 0 bridgehead atoms. The third-order valence-corrected chi connectivity index (χ3v) is 3.90. The van der Waals surface area contributed by atoms with Crippen molar-refractivity contribution in [3.63, 3.8) is 0 Å². The fourth-order valence-electron chi connectivity index (χ4n) is 2.19. The lowest BCUT2D eigenvalue weighted by Crippen LogP contribution is -1.99. The fourth-order valence-corrected chi connectivity index (χ4v) is 2.61. The summed E-state index contributed by atoms with van der Waals surface area (Å²) in [6.07, 6.45) is 0.882. The van der Waals surface area contributed by atoms with Gasteiger partial charge in [0.15, 0.2) is 0 Å². The van der Waals surface area contributed by atoms with E-state index in [1.165, 1.54) is 27.8 Å². The van der Waals surface area contributed by atoms with Gasteiger partial charge in [0.1, 0.15) is 0 Å². The minimum atomic E-state index is 0.0494. The monoisotopic (exact) mass is 258 g/mol. The molecule has 0 aliphatic carbocycles. The zero-order valence-corrected chi connectivity index (χ0v) is 12.0. The van der Waals surface area contributed by atoms with Crippen LogP contribution in [-0.4, -0.2) is 0 Å². The molecule has 94 valence electrons. The molecule has 2 aromatic carbocycles. The number of halogens is 1. The van der Waals surface area contributed by atoms with E-state index in [9.17, 15) is 0 Å². The van der Waals surface area contributed by atoms with Crippen molar-refractivity contribution in [3.8, 4) is 0 Å². The van der Waals surface area contributed by atoms with Gasteiger partial charge in [-0.15, -0.1) is 11.6 Å². The van der Waals surface area contributed by atoms with E-state index < -0.39 is 0 Å². The standard InChI is InChI=1S/C17H19Cl/c1-12-8-9-15(10-14(12)3)11-17(18)16-7-5-4-6-13(16)2/h4-10,17H,11H2,1-3H3. The summed E-state index contributed by atoms with van der Waals surface area (Å²) in [5.74, 6) is 0. The van der Waals surface area contributed by atoms with E-state index in [4.69, 9.17) is 11.6 Å². The lowest BCUT2D eigenvalue weighted by atomic mass is 9.98. The van der Waals surface area contributed by atoms with E-state index >= 15 is 0 Å². The molecular weight excluding hydrogens is 240 g/mol. The minimum Gasteiger partial charge on any atom is -0.117 e. The van der Waals surface area contributed by atoms with Gasteiger partial charge in [0, 0.05) is 0 Å². The average Bonchev–Trinajstić information content (AvgIpc) is 2.34. The maximum atomic E-state index is 6.54. The molecule has 0 saturated heterocycles. The molecule has 1 heteroatoms. The zero-order chi connectivity index (χ0) is 13.1. The first kappa shape index (κ1) is 13.2. The van der Waals surface area contributed by atoms with Gasteiger partial charge in [0.2, 0.25) is 0 Å². The molecular formula is C17H19Cl. The van der Waals surface area contributed by atoms with E-state index in [0.717, 1.165) is 6.42 Å². The van der Waals surface area contributed by atoms with Gasteiger partial charge in [-0.1, -0.05) is 42.5 Å². The third-order valence-electron chi connectivity index (χ3n) is 3.51. The van der Waals surface area contributed by atoms with Crippen LogP contribution in [0.5, 0.6) is 0 Å². The molecule has 0 spiro atoms. The molecule has 1 unspecified atom stereocenters. The predicted octanol–water partition coefficient (Wildman–Crippen LogP) is 5.13. The largest absolute Gasteiger partial charge is 0.117 e. The van der Waals surface area contributed by atoms with Crippen LogP contribution in [0, 0.1) is 20.8 Å². The van der Waals surface area contributed by atoms with Gasteiger partial charge in [-0.25, -0.2) is 0 Å². The van der Waals surface area contributed by atoms with Crippen LogP contribution in [0.3, 0.4) is 0 Å². The maximum absolute atomic E-state index is 6.54. The SMILES string of the molecule is Cc1ccc(CC(Cl)c2ccccc2C)cc1C. The number of hydrogen-bond acceptors (Lipinski definition) is 0. The predicted molar refractivity (Wildman–Crippen MR) is 79.4 cm³/mol. The van der Waals surface area contributed by atoms with Crippen molar-refractivity contribution >= 4 is 11.6 Å². The highest BCUT2D eigenvalue weighted by Gasteiger charge is 2.11. The highest BCUT2D eigenvalue weighted by atomic mass is 35.5. The Morgan fingerprint density at radius 2 is 1.61 bits per heavy atom. The Hall–Kier alpha value is -1.27. The topological polar surface area (TPSA) is 0 Å². The van der Waals surface area contributed by atoms with Crippen LogP contribution in [0.25, 0.3) is 0 Å². The summed E-state index contributed by atoms with van der Waals surface area (Å²) in [5.41, 5.74) is 6.47. The van der Waals surface area contributed by atoms with Crippen molar-refractivity contribution in [2.24, 2.45) is 0 Å². The Kier molecular flexibility index (Phi) is 4.08. The Labute approximate surface area is 115 Å². The molecule has 0 N–H and O–H groups in total. The zero-order valence-electron chi connectivity index (χ0n) is 11.2. The number of aryl methyl sites for hydroxylation is 3. The second kappa shape index (κ2) is 5.58. The van der Waals surface area contributed by atoms with Crippen molar-refractivity contribution in [1.82, 2.24) is 0 Å². The Balaban J connectivity index is 2.19. The summed E-state index contributed by atoms with van der Waals surface area (Å²) in [7, 11) is 0. The number of benzene rings is 2. The second-order valence-corrected chi connectivity index (χ2v) is 5.47. The van der Waals surface area contributed by atoms with Crippen molar-refractivity contribution in [2.75, 3.05) is 0 Å². The minimum absolute atomic E-state index is 0.0494. The van der Waals surface area contributed by atoms with Crippen molar-refractivity contribution in [1.29, 1.82) is 0 Å². The van der Waals surface area contributed by atoms with Crippen molar-refractivity contribution in [3.05, 3.63) is 70.3 Å². The van der Waals surface area contributed by atoms with Gasteiger partial charge in [-0.2, -0.15) is 0 Å². The molecule has 18 heavy (non-hydrogen) atoms. The molecule has 0 fully saturated rings. The average molecular weight is 259 g/mol. The first-order valence-electron chi connectivity index (χ1n) is 6.33. The molecule has 0 heterocycles. The van der Waals surface area contributed by atoms with E-state index in [-0.39, 0.29) is 5.38 Å². The normalized spacial score (nSPS) is 12.4. The van der Waals surface area contributed by atoms with Crippen LogP contribution in [0.15, 0.2) is 42.5 Å². The quantitative estimate of drug-likeness (QED) is 0.669. The van der Waals surface area contributed by atoms with Gasteiger partial charge in [-0.05, 0) is 55.0 Å². The fraction of sp³-hybridized carbons (Fsp3) is 0.294. The maximum Gasteiger partial charge on any atom is 0.0628 e.